The average Bonchev–Trinajstić information content (AvgIpc) is 3.39. The Bertz CT molecular complexity index is 1130. The molecule has 0 radical (unpaired) electrons. The maximum absolute atomic E-state index is 11.8. The maximum atomic E-state index is 11.8. The number of nitrogens with zero attached hydrogens (tertiary/aromatic N) is 2. The van der Waals surface area contributed by atoms with E-state index in [4.69, 9.17) is 14.6 Å². The number of benzene rings is 2. The number of aryl methyl sites for hydroxylation is 3. The summed E-state index contributed by atoms with van der Waals surface area (Å²) in [6.45, 7) is 9.71. The van der Waals surface area contributed by atoms with Crippen LogP contribution < -0.4 is 4.74 Å². The van der Waals surface area contributed by atoms with Gasteiger partial charge in [0.05, 0.1) is 25.3 Å². The summed E-state index contributed by atoms with van der Waals surface area (Å²) in [5.74, 6) is 0.889. The molecule has 0 fully saturated rings. The highest BCUT2D eigenvalue weighted by molar-refractivity contribution is 5.69. The zero-order valence-corrected chi connectivity index (χ0v) is 20.2. The number of hydrogen-bond donors (Lipinski definition) is 0. The van der Waals surface area contributed by atoms with Gasteiger partial charge in [-0.15, -0.1) is 0 Å². The highest BCUT2D eigenvalue weighted by Gasteiger charge is 2.23. The minimum absolute atomic E-state index is 0.175. The molecule has 0 atom stereocenters. The van der Waals surface area contributed by atoms with Gasteiger partial charge >= 0.3 is 5.97 Å². The Morgan fingerprint density at radius 1 is 1.09 bits per heavy atom. The Hall–Kier alpha value is -3.08. The fraction of sp³-hybridized carbons (Fsp3) is 0.429. The third kappa shape index (κ3) is 5.13. The Balaban J connectivity index is 1.55. The van der Waals surface area contributed by atoms with Crippen LogP contribution in [0.3, 0.4) is 0 Å². The highest BCUT2D eigenvalue weighted by Crippen LogP contribution is 2.38. The van der Waals surface area contributed by atoms with Crippen LogP contribution in [0.5, 0.6) is 5.75 Å². The Labute approximate surface area is 196 Å². The van der Waals surface area contributed by atoms with Crippen LogP contribution >= 0.6 is 0 Å². The molecule has 5 heteroatoms. The van der Waals surface area contributed by atoms with Crippen LogP contribution in [-0.4, -0.2) is 22.4 Å². The van der Waals surface area contributed by atoms with Gasteiger partial charge in [-0.3, -0.25) is 9.48 Å². The second-order valence-electron chi connectivity index (χ2n) is 8.87. The summed E-state index contributed by atoms with van der Waals surface area (Å²) in [5, 5.41) is 4.72. The Morgan fingerprint density at radius 3 is 2.61 bits per heavy atom. The molecule has 4 rings (SSSR count). The molecule has 0 saturated heterocycles. The van der Waals surface area contributed by atoms with Crippen molar-refractivity contribution >= 4 is 5.97 Å². The van der Waals surface area contributed by atoms with Crippen molar-refractivity contribution in [3.8, 4) is 5.75 Å². The second-order valence-corrected chi connectivity index (χ2v) is 8.87. The lowest BCUT2D eigenvalue weighted by atomic mass is 9.93. The summed E-state index contributed by atoms with van der Waals surface area (Å²) in [6.07, 6.45) is 4.55. The van der Waals surface area contributed by atoms with E-state index in [0.717, 1.165) is 36.4 Å². The van der Waals surface area contributed by atoms with E-state index in [0.29, 0.717) is 26.2 Å². The standard InChI is InChI=1S/C28H34N2O3/c1-5-32-27(31)14-15-30-21(4)26(20(3)29-30)17-23-16-19(2)28(25-13-9-12-24(23)25)33-18-22-10-7-6-8-11-22/h6-8,10-11,16H,5,9,12-15,17-18H2,1-4H3. The van der Waals surface area contributed by atoms with Crippen molar-refractivity contribution in [3.05, 3.63) is 81.2 Å². The fourth-order valence-electron chi connectivity index (χ4n) is 4.92. The molecule has 1 aromatic heterocycles. The molecule has 0 N–H and O–H groups in total. The van der Waals surface area contributed by atoms with E-state index in [1.54, 1.807) is 0 Å². The van der Waals surface area contributed by atoms with Crippen molar-refractivity contribution < 1.29 is 14.3 Å². The first-order valence-corrected chi connectivity index (χ1v) is 12.0. The zero-order valence-electron chi connectivity index (χ0n) is 20.2. The normalized spacial score (nSPS) is 12.6. The number of aromatic nitrogens is 2. The summed E-state index contributed by atoms with van der Waals surface area (Å²) in [5.41, 5.74) is 10.0. The molecule has 0 saturated carbocycles. The van der Waals surface area contributed by atoms with Gasteiger partial charge in [0.1, 0.15) is 12.4 Å². The molecule has 2 aromatic carbocycles. The summed E-state index contributed by atoms with van der Waals surface area (Å²) in [7, 11) is 0. The minimum atomic E-state index is -0.175. The van der Waals surface area contributed by atoms with Crippen molar-refractivity contribution in [2.75, 3.05) is 6.61 Å². The van der Waals surface area contributed by atoms with Crippen LogP contribution in [0.4, 0.5) is 0 Å². The molecule has 0 unspecified atom stereocenters. The summed E-state index contributed by atoms with van der Waals surface area (Å²) < 4.78 is 13.4. The molecule has 1 aliphatic carbocycles. The van der Waals surface area contributed by atoms with Gasteiger partial charge in [-0.05, 0) is 74.8 Å². The number of carbonyl (C=O) groups excluding carboxylic acids is 1. The SMILES string of the molecule is CCOC(=O)CCn1nc(C)c(Cc2cc(C)c(OCc3ccccc3)c3c2CCC3)c1C. The van der Waals surface area contributed by atoms with E-state index in [2.05, 4.69) is 51.1 Å². The molecule has 0 amide bonds. The van der Waals surface area contributed by atoms with Crippen LogP contribution in [0.1, 0.15) is 64.5 Å². The third-order valence-corrected chi connectivity index (χ3v) is 6.59. The first kappa shape index (κ1) is 23.1. The predicted octanol–water partition coefficient (Wildman–Crippen LogP) is 5.42. The van der Waals surface area contributed by atoms with E-state index >= 15 is 0 Å². The molecular weight excluding hydrogens is 412 g/mol. The van der Waals surface area contributed by atoms with E-state index in [-0.39, 0.29) is 5.97 Å². The number of esters is 1. The Morgan fingerprint density at radius 2 is 1.85 bits per heavy atom. The molecule has 1 aliphatic rings. The van der Waals surface area contributed by atoms with Gasteiger partial charge in [0.15, 0.2) is 0 Å². The van der Waals surface area contributed by atoms with E-state index in [1.807, 2.05) is 17.7 Å². The smallest absolute Gasteiger partial charge is 0.307 e. The molecule has 1 heterocycles. The quantitative estimate of drug-likeness (QED) is 0.412. The van der Waals surface area contributed by atoms with Crippen molar-refractivity contribution in [2.45, 2.75) is 73.0 Å². The summed E-state index contributed by atoms with van der Waals surface area (Å²) in [4.78, 5) is 11.8. The second kappa shape index (κ2) is 10.2. The van der Waals surface area contributed by atoms with Crippen LogP contribution in [0.2, 0.25) is 0 Å². The first-order valence-electron chi connectivity index (χ1n) is 12.0. The number of rotatable bonds is 9. The monoisotopic (exact) mass is 446 g/mol. The number of carbonyl (C=O) groups is 1. The van der Waals surface area contributed by atoms with Gasteiger partial charge in [0.2, 0.25) is 0 Å². The van der Waals surface area contributed by atoms with E-state index < -0.39 is 0 Å². The minimum Gasteiger partial charge on any atom is -0.488 e. The van der Waals surface area contributed by atoms with Crippen LogP contribution in [0.15, 0.2) is 36.4 Å². The molecule has 3 aromatic rings. The van der Waals surface area contributed by atoms with Gasteiger partial charge < -0.3 is 9.47 Å². The molecule has 0 aliphatic heterocycles. The van der Waals surface area contributed by atoms with Gasteiger partial charge in [-0.2, -0.15) is 5.10 Å². The molecule has 5 nitrogen and oxygen atoms in total. The predicted molar refractivity (Wildman–Crippen MR) is 130 cm³/mol. The molecular formula is C28H34N2O3. The van der Waals surface area contributed by atoms with Crippen molar-refractivity contribution in [1.82, 2.24) is 9.78 Å². The fourth-order valence-corrected chi connectivity index (χ4v) is 4.92. The van der Waals surface area contributed by atoms with Crippen molar-refractivity contribution in [2.24, 2.45) is 0 Å². The average molecular weight is 447 g/mol. The molecule has 33 heavy (non-hydrogen) atoms. The van der Waals surface area contributed by atoms with Crippen LogP contribution in [-0.2, 0) is 41.9 Å². The zero-order chi connectivity index (χ0) is 23.4. The number of fused-ring (bicyclic) bond motifs is 1. The largest absolute Gasteiger partial charge is 0.488 e. The first-order chi connectivity index (χ1) is 16.0. The Kier molecular flexibility index (Phi) is 7.17. The van der Waals surface area contributed by atoms with Gasteiger partial charge in [0.25, 0.3) is 0 Å². The number of hydrogen-bond acceptors (Lipinski definition) is 4. The maximum Gasteiger partial charge on any atom is 0.307 e. The van der Waals surface area contributed by atoms with Crippen molar-refractivity contribution in [1.29, 1.82) is 0 Å². The molecule has 174 valence electrons. The third-order valence-electron chi connectivity index (χ3n) is 6.59. The lowest BCUT2D eigenvalue weighted by molar-refractivity contribution is -0.143. The summed E-state index contributed by atoms with van der Waals surface area (Å²) in [6, 6.07) is 12.7. The van der Waals surface area contributed by atoms with E-state index in [9.17, 15) is 4.79 Å². The van der Waals surface area contributed by atoms with Gasteiger partial charge in [0, 0.05) is 17.7 Å². The number of ether oxygens (including phenoxy) is 2. The summed E-state index contributed by atoms with van der Waals surface area (Å²) >= 11 is 0. The van der Waals surface area contributed by atoms with E-state index in [1.165, 1.54) is 39.8 Å². The van der Waals surface area contributed by atoms with Crippen LogP contribution in [0, 0.1) is 20.8 Å². The highest BCUT2D eigenvalue weighted by atomic mass is 16.5. The molecule has 0 spiro atoms. The van der Waals surface area contributed by atoms with Gasteiger partial charge in [-0.1, -0.05) is 36.4 Å². The van der Waals surface area contributed by atoms with Gasteiger partial charge in [-0.25, -0.2) is 0 Å². The lowest BCUT2D eigenvalue weighted by Crippen LogP contribution is -2.11. The lowest BCUT2D eigenvalue weighted by Gasteiger charge is -2.18. The topological polar surface area (TPSA) is 53.4 Å². The van der Waals surface area contributed by atoms with Crippen LogP contribution in [0.25, 0.3) is 0 Å². The van der Waals surface area contributed by atoms with Crippen molar-refractivity contribution in [3.63, 3.8) is 0 Å². The molecule has 0 bridgehead atoms.